The van der Waals surface area contributed by atoms with Crippen LogP contribution in [0.5, 0.6) is 0 Å². The molecule has 0 amide bonds. The lowest BCUT2D eigenvalue weighted by Crippen LogP contribution is -2.14. The standard InChI is InChI=1S/C12H12N6/c13-11(9-4-2-1-3-5-9)8-10-6-7-12-14-16-17-18(12)15-10/h1-7,11H,8,13H2. The molecule has 1 aromatic carbocycles. The van der Waals surface area contributed by atoms with Crippen LogP contribution >= 0.6 is 0 Å². The largest absolute Gasteiger partial charge is 0.324 e. The number of benzene rings is 1. The molecule has 0 spiro atoms. The highest BCUT2D eigenvalue weighted by Gasteiger charge is 2.08. The summed E-state index contributed by atoms with van der Waals surface area (Å²) in [6, 6.07) is 13.6. The van der Waals surface area contributed by atoms with Crippen molar-refractivity contribution in [1.82, 2.24) is 25.3 Å². The lowest BCUT2D eigenvalue weighted by Gasteiger charge is -2.10. The zero-order valence-corrected chi connectivity index (χ0v) is 9.64. The number of fused-ring (bicyclic) bond motifs is 1. The lowest BCUT2D eigenvalue weighted by atomic mass is 10.0. The van der Waals surface area contributed by atoms with Crippen LogP contribution in [0.25, 0.3) is 5.65 Å². The molecule has 90 valence electrons. The first-order valence-corrected chi connectivity index (χ1v) is 5.68. The molecular weight excluding hydrogens is 228 g/mol. The van der Waals surface area contributed by atoms with Crippen LogP contribution in [0.3, 0.4) is 0 Å². The molecule has 1 unspecified atom stereocenters. The minimum Gasteiger partial charge on any atom is -0.324 e. The lowest BCUT2D eigenvalue weighted by molar-refractivity contribution is 0.658. The van der Waals surface area contributed by atoms with E-state index in [2.05, 4.69) is 20.6 Å². The Bertz CT molecular complexity index is 648. The summed E-state index contributed by atoms with van der Waals surface area (Å²) in [5.41, 5.74) is 8.74. The molecule has 2 N–H and O–H groups in total. The van der Waals surface area contributed by atoms with Gasteiger partial charge in [0.15, 0.2) is 5.65 Å². The van der Waals surface area contributed by atoms with Gasteiger partial charge in [0.05, 0.1) is 5.69 Å². The molecule has 6 nitrogen and oxygen atoms in total. The van der Waals surface area contributed by atoms with Crippen LogP contribution in [0.4, 0.5) is 0 Å². The van der Waals surface area contributed by atoms with E-state index in [0.29, 0.717) is 12.1 Å². The van der Waals surface area contributed by atoms with Gasteiger partial charge in [0.25, 0.3) is 0 Å². The monoisotopic (exact) mass is 240 g/mol. The highest BCUT2D eigenvalue weighted by molar-refractivity contribution is 5.33. The SMILES string of the molecule is NC(Cc1ccc2nnnn2n1)c1ccccc1. The minimum absolute atomic E-state index is 0.0763. The second kappa shape index (κ2) is 4.50. The first kappa shape index (κ1) is 10.8. The molecule has 6 heteroatoms. The Labute approximate surface area is 103 Å². The van der Waals surface area contributed by atoms with E-state index in [1.54, 1.807) is 0 Å². The number of nitrogens with zero attached hydrogens (tertiary/aromatic N) is 5. The number of tetrazole rings is 1. The molecule has 0 fully saturated rings. The summed E-state index contributed by atoms with van der Waals surface area (Å²) in [5.74, 6) is 0. The van der Waals surface area contributed by atoms with Gasteiger partial charge in [-0.1, -0.05) is 30.3 Å². The number of aromatic nitrogens is 5. The van der Waals surface area contributed by atoms with Crippen molar-refractivity contribution in [3.8, 4) is 0 Å². The van der Waals surface area contributed by atoms with Crippen molar-refractivity contribution in [3.05, 3.63) is 53.7 Å². The normalized spacial score (nSPS) is 12.7. The Morgan fingerprint density at radius 2 is 1.94 bits per heavy atom. The molecule has 0 bridgehead atoms. The predicted octanol–water partition coefficient (Wildman–Crippen LogP) is 0.762. The maximum atomic E-state index is 6.15. The third-order valence-corrected chi connectivity index (χ3v) is 2.78. The van der Waals surface area contributed by atoms with E-state index in [-0.39, 0.29) is 6.04 Å². The average molecular weight is 240 g/mol. The summed E-state index contributed by atoms with van der Waals surface area (Å²) in [6.45, 7) is 0. The second-order valence-corrected chi connectivity index (χ2v) is 4.07. The van der Waals surface area contributed by atoms with Gasteiger partial charge < -0.3 is 5.73 Å². The van der Waals surface area contributed by atoms with Gasteiger partial charge in [-0.25, -0.2) is 0 Å². The summed E-state index contributed by atoms with van der Waals surface area (Å²) in [5, 5.41) is 15.4. The van der Waals surface area contributed by atoms with Crippen molar-refractivity contribution in [1.29, 1.82) is 0 Å². The number of rotatable bonds is 3. The van der Waals surface area contributed by atoms with Gasteiger partial charge in [-0.3, -0.25) is 0 Å². The van der Waals surface area contributed by atoms with E-state index < -0.39 is 0 Å². The number of hydrogen-bond donors (Lipinski definition) is 1. The molecule has 0 aliphatic heterocycles. The zero-order chi connectivity index (χ0) is 12.4. The fourth-order valence-corrected chi connectivity index (χ4v) is 1.84. The molecule has 2 heterocycles. The van der Waals surface area contributed by atoms with Crippen molar-refractivity contribution < 1.29 is 0 Å². The summed E-state index contributed by atoms with van der Waals surface area (Å²) in [7, 11) is 0. The summed E-state index contributed by atoms with van der Waals surface area (Å²) >= 11 is 0. The van der Waals surface area contributed by atoms with E-state index in [4.69, 9.17) is 5.73 Å². The molecule has 0 saturated carbocycles. The smallest absolute Gasteiger partial charge is 0.199 e. The van der Waals surface area contributed by atoms with Crippen LogP contribution in [0.1, 0.15) is 17.3 Å². The summed E-state index contributed by atoms with van der Waals surface area (Å²) in [6.07, 6.45) is 0.653. The Kier molecular flexibility index (Phi) is 2.70. The Balaban J connectivity index is 1.83. The van der Waals surface area contributed by atoms with E-state index >= 15 is 0 Å². The second-order valence-electron chi connectivity index (χ2n) is 4.07. The highest BCUT2D eigenvalue weighted by atomic mass is 15.6. The van der Waals surface area contributed by atoms with Gasteiger partial charge in [-0.15, -0.1) is 9.73 Å². The quantitative estimate of drug-likeness (QED) is 0.731. The number of nitrogens with two attached hydrogens (primary N) is 1. The third kappa shape index (κ3) is 2.05. The van der Waals surface area contributed by atoms with E-state index in [9.17, 15) is 0 Å². The molecule has 0 aliphatic rings. The molecular formula is C12H12N6. The molecule has 3 rings (SSSR count). The zero-order valence-electron chi connectivity index (χ0n) is 9.64. The van der Waals surface area contributed by atoms with Crippen LogP contribution in [-0.2, 0) is 6.42 Å². The Hall–Kier alpha value is -2.34. The van der Waals surface area contributed by atoms with Gasteiger partial charge >= 0.3 is 0 Å². The van der Waals surface area contributed by atoms with Crippen LogP contribution in [0.2, 0.25) is 0 Å². The third-order valence-electron chi connectivity index (χ3n) is 2.78. The van der Waals surface area contributed by atoms with Crippen LogP contribution in [0, 0.1) is 0 Å². The molecule has 18 heavy (non-hydrogen) atoms. The molecule has 2 aromatic heterocycles. The minimum atomic E-state index is -0.0763. The van der Waals surface area contributed by atoms with Crippen molar-refractivity contribution in [2.75, 3.05) is 0 Å². The fraction of sp³-hybridized carbons (Fsp3) is 0.167. The molecule has 0 radical (unpaired) electrons. The summed E-state index contributed by atoms with van der Waals surface area (Å²) < 4.78 is 1.41. The van der Waals surface area contributed by atoms with Crippen molar-refractivity contribution in [3.63, 3.8) is 0 Å². The van der Waals surface area contributed by atoms with Gasteiger partial charge in [0.1, 0.15) is 0 Å². The van der Waals surface area contributed by atoms with Gasteiger partial charge in [0, 0.05) is 12.5 Å². The van der Waals surface area contributed by atoms with E-state index in [1.165, 1.54) is 4.63 Å². The Morgan fingerprint density at radius 1 is 1.11 bits per heavy atom. The maximum Gasteiger partial charge on any atom is 0.199 e. The molecule has 1 atom stereocenters. The average Bonchev–Trinajstić information content (AvgIpc) is 2.87. The highest BCUT2D eigenvalue weighted by Crippen LogP contribution is 2.14. The van der Waals surface area contributed by atoms with Crippen LogP contribution < -0.4 is 5.73 Å². The first-order chi connectivity index (χ1) is 8.83. The maximum absolute atomic E-state index is 6.15. The van der Waals surface area contributed by atoms with Gasteiger partial charge in [-0.05, 0) is 28.1 Å². The van der Waals surface area contributed by atoms with Crippen molar-refractivity contribution in [2.45, 2.75) is 12.5 Å². The van der Waals surface area contributed by atoms with Gasteiger partial charge in [0.2, 0.25) is 0 Å². The van der Waals surface area contributed by atoms with Crippen LogP contribution in [0.15, 0.2) is 42.5 Å². The predicted molar refractivity (Wildman–Crippen MR) is 65.7 cm³/mol. The fourth-order valence-electron chi connectivity index (χ4n) is 1.84. The molecule has 3 aromatic rings. The Morgan fingerprint density at radius 3 is 2.78 bits per heavy atom. The van der Waals surface area contributed by atoms with Crippen molar-refractivity contribution >= 4 is 5.65 Å². The molecule has 0 saturated heterocycles. The first-order valence-electron chi connectivity index (χ1n) is 5.68. The van der Waals surface area contributed by atoms with Gasteiger partial charge in [-0.2, -0.15) is 5.10 Å². The van der Waals surface area contributed by atoms with Crippen LogP contribution in [-0.4, -0.2) is 25.3 Å². The van der Waals surface area contributed by atoms with Crippen molar-refractivity contribution in [2.24, 2.45) is 5.73 Å². The van der Waals surface area contributed by atoms with E-state index in [1.807, 2.05) is 42.5 Å². The number of hydrogen-bond acceptors (Lipinski definition) is 5. The molecule has 0 aliphatic carbocycles. The topological polar surface area (TPSA) is 82.0 Å². The van der Waals surface area contributed by atoms with E-state index in [0.717, 1.165) is 11.3 Å². The summed E-state index contributed by atoms with van der Waals surface area (Å²) in [4.78, 5) is 0.